The summed E-state index contributed by atoms with van der Waals surface area (Å²) in [5, 5.41) is 11.5. The lowest BCUT2D eigenvalue weighted by Gasteiger charge is -2.29. The summed E-state index contributed by atoms with van der Waals surface area (Å²) in [6, 6.07) is -0.161. The molecule has 0 unspecified atom stereocenters. The number of carboxylic acids is 1. The number of carbonyl (C=O) groups is 2. The van der Waals surface area contributed by atoms with Crippen LogP contribution in [0.15, 0.2) is 0 Å². The number of urea groups is 1. The third kappa shape index (κ3) is 5.06. The van der Waals surface area contributed by atoms with Gasteiger partial charge in [0, 0.05) is 18.6 Å². The zero-order valence-corrected chi connectivity index (χ0v) is 10.8. The minimum absolute atomic E-state index is 0.0697. The fraction of sp³-hybridized carbons (Fsp3) is 0.833. The molecule has 0 aromatic rings. The van der Waals surface area contributed by atoms with Crippen LogP contribution >= 0.6 is 0 Å². The molecule has 0 heterocycles. The van der Waals surface area contributed by atoms with Crippen LogP contribution in [0.2, 0.25) is 0 Å². The highest BCUT2D eigenvalue weighted by Crippen LogP contribution is 2.29. The maximum Gasteiger partial charge on any atom is 0.317 e. The first-order valence-corrected chi connectivity index (χ1v) is 6.13. The van der Waals surface area contributed by atoms with Crippen molar-refractivity contribution in [2.24, 2.45) is 5.92 Å². The fourth-order valence-corrected chi connectivity index (χ4v) is 1.76. The molecule has 0 aromatic carbocycles. The summed E-state index contributed by atoms with van der Waals surface area (Å²) in [6.45, 7) is 6.83. The van der Waals surface area contributed by atoms with Gasteiger partial charge in [-0.1, -0.05) is 0 Å². The van der Waals surface area contributed by atoms with Crippen LogP contribution in [0, 0.1) is 5.92 Å². The third-order valence-electron chi connectivity index (χ3n) is 2.88. The average Bonchev–Trinajstić information content (AvgIpc) is 2.93. The molecule has 5 heteroatoms. The number of hydrogen-bond donors (Lipinski definition) is 2. The van der Waals surface area contributed by atoms with E-state index in [-0.39, 0.29) is 12.5 Å². The van der Waals surface area contributed by atoms with Gasteiger partial charge >= 0.3 is 12.0 Å². The highest BCUT2D eigenvalue weighted by molar-refractivity contribution is 5.76. The van der Waals surface area contributed by atoms with Crippen LogP contribution in [0.3, 0.4) is 0 Å². The van der Waals surface area contributed by atoms with E-state index in [2.05, 4.69) is 5.32 Å². The molecule has 98 valence electrons. The SMILES string of the molecule is CCN(CC1CC1)C(=O)NC(C)(C)CC(=O)O. The molecule has 0 atom stereocenters. The molecule has 0 aliphatic heterocycles. The molecule has 1 fully saturated rings. The summed E-state index contributed by atoms with van der Waals surface area (Å²) in [5.74, 6) is -0.260. The Morgan fingerprint density at radius 2 is 2.00 bits per heavy atom. The Morgan fingerprint density at radius 3 is 2.41 bits per heavy atom. The van der Waals surface area contributed by atoms with Gasteiger partial charge in [0.1, 0.15) is 0 Å². The van der Waals surface area contributed by atoms with Gasteiger partial charge in [0.05, 0.1) is 6.42 Å². The molecule has 1 saturated carbocycles. The van der Waals surface area contributed by atoms with E-state index in [0.29, 0.717) is 12.5 Å². The van der Waals surface area contributed by atoms with Gasteiger partial charge in [-0.3, -0.25) is 4.79 Å². The minimum atomic E-state index is -0.902. The number of carboxylic acid groups (broad SMARTS) is 1. The van der Waals surface area contributed by atoms with Crippen molar-refractivity contribution in [2.75, 3.05) is 13.1 Å². The van der Waals surface area contributed by atoms with E-state index in [4.69, 9.17) is 5.11 Å². The summed E-state index contributed by atoms with van der Waals surface area (Å²) in [6.07, 6.45) is 2.32. The summed E-state index contributed by atoms with van der Waals surface area (Å²) in [4.78, 5) is 24.4. The number of rotatable bonds is 6. The number of hydrogen-bond acceptors (Lipinski definition) is 2. The van der Waals surface area contributed by atoms with E-state index in [9.17, 15) is 9.59 Å². The number of nitrogens with zero attached hydrogens (tertiary/aromatic N) is 1. The van der Waals surface area contributed by atoms with Crippen LogP contribution in [-0.4, -0.2) is 40.6 Å². The monoisotopic (exact) mass is 242 g/mol. The number of nitrogens with one attached hydrogen (secondary N) is 1. The van der Waals surface area contributed by atoms with Gasteiger partial charge in [0.25, 0.3) is 0 Å². The lowest BCUT2D eigenvalue weighted by Crippen LogP contribution is -2.51. The molecule has 1 aliphatic rings. The van der Waals surface area contributed by atoms with Gasteiger partial charge in [-0.15, -0.1) is 0 Å². The first kappa shape index (κ1) is 13.8. The third-order valence-corrected chi connectivity index (χ3v) is 2.88. The van der Waals surface area contributed by atoms with Crippen molar-refractivity contribution < 1.29 is 14.7 Å². The van der Waals surface area contributed by atoms with Gasteiger partial charge in [0.2, 0.25) is 0 Å². The lowest BCUT2D eigenvalue weighted by atomic mass is 10.0. The van der Waals surface area contributed by atoms with Gasteiger partial charge in [-0.05, 0) is 39.5 Å². The lowest BCUT2D eigenvalue weighted by molar-refractivity contribution is -0.138. The summed E-state index contributed by atoms with van der Waals surface area (Å²) in [7, 11) is 0. The first-order chi connectivity index (χ1) is 7.84. The largest absolute Gasteiger partial charge is 0.481 e. The topological polar surface area (TPSA) is 69.6 Å². The Kier molecular flexibility index (Phi) is 4.37. The molecule has 17 heavy (non-hydrogen) atoms. The maximum atomic E-state index is 12.0. The standard InChI is InChI=1S/C12H22N2O3/c1-4-14(8-9-5-6-9)11(17)13-12(2,3)7-10(15)16/h9H,4-8H2,1-3H3,(H,13,17)(H,15,16). The Morgan fingerprint density at radius 1 is 1.41 bits per heavy atom. The summed E-state index contributed by atoms with van der Waals surface area (Å²) < 4.78 is 0. The number of carbonyl (C=O) groups excluding carboxylic acids is 1. The van der Waals surface area contributed by atoms with Crippen LogP contribution in [-0.2, 0) is 4.79 Å². The Balaban J connectivity index is 2.46. The highest BCUT2D eigenvalue weighted by Gasteiger charge is 2.29. The van der Waals surface area contributed by atoms with Crippen LogP contribution in [0.1, 0.15) is 40.0 Å². The zero-order chi connectivity index (χ0) is 13.1. The van der Waals surface area contributed by atoms with Gasteiger partial charge in [-0.25, -0.2) is 4.79 Å². The second-order valence-corrected chi connectivity index (χ2v) is 5.37. The molecular formula is C12H22N2O3. The van der Waals surface area contributed by atoms with Crippen molar-refractivity contribution in [2.45, 2.75) is 45.6 Å². The van der Waals surface area contributed by atoms with E-state index in [1.54, 1.807) is 18.7 Å². The molecule has 0 spiro atoms. The molecule has 2 amide bonds. The Bertz CT molecular complexity index is 298. The van der Waals surface area contributed by atoms with Crippen molar-refractivity contribution in [3.63, 3.8) is 0 Å². The zero-order valence-electron chi connectivity index (χ0n) is 10.8. The van der Waals surface area contributed by atoms with E-state index in [1.807, 2.05) is 6.92 Å². The maximum absolute atomic E-state index is 12.0. The molecule has 0 saturated heterocycles. The van der Waals surface area contributed by atoms with Crippen LogP contribution in [0.25, 0.3) is 0 Å². The second kappa shape index (κ2) is 5.38. The molecule has 1 rings (SSSR count). The molecule has 5 nitrogen and oxygen atoms in total. The van der Waals surface area contributed by atoms with E-state index in [0.717, 1.165) is 6.54 Å². The molecule has 1 aliphatic carbocycles. The number of amides is 2. The van der Waals surface area contributed by atoms with E-state index >= 15 is 0 Å². The van der Waals surface area contributed by atoms with Crippen LogP contribution < -0.4 is 5.32 Å². The molecule has 2 N–H and O–H groups in total. The van der Waals surface area contributed by atoms with Crippen molar-refractivity contribution in [3.8, 4) is 0 Å². The summed E-state index contributed by atoms with van der Waals surface area (Å²) in [5.41, 5.74) is -0.708. The normalized spacial score (nSPS) is 15.5. The minimum Gasteiger partial charge on any atom is -0.481 e. The quantitative estimate of drug-likeness (QED) is 0.744. The first-order valence-electron chi connectivity index (χ1n) is 6.13. The summed E-state index contributed by atoms with van der Waals surface area (Å²) >= 11 is 0. The Hall–Kier alpha value is -1.26. The smallest absolute Gasteiger partial charge is 0.317 e. The predicted molar refractivity (Wildman–Crippen MR) is 64.8 cm³/mol. The van der Waals surface area contributed by atoms with Crippen LogP contribution in [0.4, 0.5) is 4.79 Å². The van der Waals surface area contributed by atoms with Gasteiger partial charge in [-0.2, -0.15) is 0 Å². The predicted octanol–water partition coefficient (Wildman–Crippen LogP) is 1.68. The fourth-order valence-electron chi connectivity index (χ4n) is 1.76. The van der Waals surface area contributed by atoms with Crippen molar-refractivity contribution >= 4 is 12.0 Å². The number of aliphatic carboxylic acids is 1. The van der Waals surface area contributed by atoms with Crippen molar-refractivity contribution in [1.82, 2.24) is 10.2 Å². The Labute approximate surface area is 102 Å². The molecule has 0 bridgehead atoms. The average molecular weight is 242 g/mol. The molecule has 0 aromatic heterocycles. The molecular weight excluding hydrogens is 220 g/mol. The van der Waals surface area contributed by atoms with Crippen LogP contribution in [0.5, 0.6) is 0 Å². The van der Waals surface area contributed by atoms with Gasteiger partial charge in [0.15, 0.2) is 0 Å². The molecule has 0 radical (unpaired) electrons. The highest BCUT2D eigenvalue weighted by atomic mass is 16.4. The van der Waals surface area contributed by atoms with E-state index in [1.165, 1.54) is 12.8 Å². The van der Waals surface area contributed by atoms with Gasteiger partial charge < -0.3 is 15.3 Å². The van der Waals surface area contributed by atoms with E-state index < -0.39 is 11.5 Å². The van der Waals surface area contributed by atoms with Crippen molar-refractivity contribution in [1.29, 1.82) is 0 Å². The second-order valence-electron chi connectivity index (χ2n) is 5.37. The van der Waals surface area contributed by atoms with Crippen molar-refractivity contribution in [3.05, 3.63) is 0 Å².